The molecule has 1 rings (SSSR count). The Morgan fingerprint density at radius 2 is 2.25 bits per heavy atom. The first-order valence-corrected chi connectivity index (χ1v) is 6.15. The van der Waals surface area contributed by atoms with Gasteiger partial charge in [0, 0.05) is 31.6 Å². The zero-order valence-corrected chi connectivity index (χ0v) is 10.6. The zero-order valence-electron chi connectivity index (χ0n) is 10.6. The maximum Gasteiger partial charge on any atom is 0.0473 e. The number of nitrogens with zero attached hydrogens (tertiary/aromatic N) is 1. The largest absolute Gasteiger partial charge is 0.396 e. The third-order valence-corrected chi connectivity index (χ3v) is 2.94. The number of aromatic nitrogens is 1. The number of aliphatic hydroxyl groups is 1. The van der Waals surface area contributed by atoms with Crippen LogP contribution in [0.2, 0.25) is 0 Å². The van der Waals surface area contributed by atoms with E-state index in [1.165, 1.54) is 12.0 Å². The van der Waals surface area contributed by atoms with Gasteiger partial charge < -0.3 is 15.0 Å². The van der Waals surface area contributed by atoms with Crippen molar-refractivity contribution >= 4 is 0 Å². The lowest BCUT2D eigenvalue weighted by molar-refractivity contribution is 0.223. The molecule has 0 saturated carbocycles. The van der Waals surface area contributed by atoms with Crippen LogP contribution >= 0.6 is 0 Å². The molecule has 92 valence electrons. The lowest BCUT2D eigenvalue weighted by atomic mass is 10.1. The van der Waals surface area contributed by atoms with Crippen LogP contribution in [-0.4, -0.2) is 23.3 Å². The molecule has 2 unspecified atom stereocenters. The molecular weight excluding hydrogens is 200 g/mol. The van der Waals surface area contributed by atoms with Gasteiger partial charge >= 0.3 is 0 Å². The summed E-state index contributed by atoms with van der Waals surface area (Å²) < 4.78 is 2.16. The van der Waals surface area contributed by atoms with Gasteiger partial charge in [-0.1, -0.05) is 20.3 Å². The minimum Gasteiger partial charge on any atom is -0.396 e. The molecule has 0 saturated heterocycles. The van der Waals surface area contributed by atoms with Gasteiger partial charge in [-0.15, -0.1) is 0 Å². The van der Waals surface area contributed by atoms with E-state index in [0.717, 1.165) is 13.0 Å². The van der Waals surface area contributed by atoms with Crippen LogP contribution in [0.4, 0.5) is 0 Å². The van der Waals surface area contributed by atoms with Crippen LogP contribution in [0.1, 0.15) is 38.3 Å². The fraction of sp³-hybridized carbons (Fsp3) is 0.692. The summed E-state index contributed by atoms with van der Waals surface area (Å²) in [5, 5.41) is 12.4. The molecule has 0 aliphatic heterocycles. The van der Waals surface area contributed by atoms with Crippen molar-refractivity contribution in [3.63, 3.8) is 0 Å². The first-order chi connectivity index (χ1) is 7.71. The van der Waals surface area contributed by atoms with Crippen LogP contribution < -0.4 is 5.32 Å². The van der Waals surface area contributed by atoms with E-state index >= 15 is 0 Å². The van der Waals surface area contributed by atoms with Crippen LogP contribution in [0.25, 0.3) is 0 Å². The average molecular weight is 224 g/mol. The van der Waals surface area contributed by atoms with Crippen LogP contribution in [0.15, 0.2) is 18.5 Å². The second-order valence-corrected chi connectivity index (χ2v) is 4.56. The van der Waals surface area contributed by atoms with Gasteiger partial charge in [0.2, 0.25) is 0 Å². The molecule has 0 fully saturated rings. The SMILES string of the molecule is CCCC(NC)c1ccn(CC(C)CO)c1. The summed E-state index contributed by atoms with van der Waals surface area (Å²) in [6.45, 7) is 5.40. The molecule has 1 aromatic heterocycles. The van der Waals surface area contributed by atoms with E-state index < -0.39 is 0 Å². The molecule has 1 aromatic rings. The van der Waals surface area contributed by atoms with Crippen LogP contribution in [0.3, 0.4) is 0 Å². The monoisotopic (exact) mass is 224 g/mol. The Morgan fingerprint density at radius 3 is 2.81 bits per heavy atom. The first-order valence-electron chi connectivity index (χ1n) is 6.15. The minimum atomic E-state index is 0.248. The highest BCUT2D eigenvalue weighted by atomic mass is 16.3. The Labute approximate surface area is 98.5 Å². The highest BCUT2D eigenvalue weighted by Crippen LogP contribution is 2.18. The number of aliphatic hydroxyl groups excluding tert-OH is 1. The number of hydrogen-bond donors (Lipinski definition) is 2. The Balaban J connectivity index is 2.62. The maximum atomic E-state index is 9.02. The van der Waals surface area contributed by atoms with Gasteiger partial charge in [-0.2, -0.15) is 0 Å². The predicted molar refractivity (Wildman–Crippen MR) is 67.4 cm³/mol. The third-order valence-electron chi connectivity index (χ3n) is 2.94. The Kier molecular flexibility index (Phi) is 5.56. The van der Waals surface area contributed by atoms with E-state index in [9.17, 15) is 0 Å². The normalized spacial score (nSPS) is 15.0. The first kappa shape index (κ1) is 13.3. The van der Waals surface area contributed by atoms with Gasteiger partial charge in [-0.25, -0.2) is 0 Å². The summed E-state index contributed by atoms with van der Waals surface area (Å²) in [5.74, 6) is 0.319. The van der Waals surface area contributed by atoms with Gasteiger partial charge in [0.25, 0.3) is 0 Å². The van der Waals surface area contributed by atoms with E-state index in [-0.39, 0.29) is 6.61 Å². The smallest absolute Gasteiger partial charge is 0.0473 e. The molecular formula is C13H24N2O. The maximum absolute atomic E-state index is 9.02. The second kappa shape index (κ2) is 6.71. The van der Waals surface area contributed by atoms with Crippen LogP contribution in [0.5, 0.6) is 0 Å². The van der Waals surface area contributed by atoms with Gasteiger partial charge in [0.1, 0.15) is 0 Å². The molecule has 0 radical (unpaired) electrons. The van der Waals surface area contributed by atoms with Gasteiger partial charge in [0.05, 0.1) is 0 Å². The van der Waals surface area contributed by atoms with E-state index in [1.807, 2.05) is 7.05 Å². The Morgan fingerprint density at radius 1 is 1.50 bits per heavy atom. The molecule has 1 heterocycles. The highest BCUT2D eigenvalue weighted by molar-refractivity contribution is 5.15. The van der Waals surface area contributed by atoms with Crippen molar-refractivity contribution in [3.05, 3.63) is 24.0 Å². The summed E-state index contributed by atoms with van der Waals surface area (Å²) in [6, 6.07) is 2.62. The van der Waals surface area contributed by atoms with E-state index in [4.69, 9.17) is 5.11 Å². The van der Waals surface area contributed by atoms with Crippen LogP contribution in [-0.2, 0) is 6.54 Å². The summed E-state index contributed by atoms with van der Waals surface area (Å²) in [5.41, 5.74) is 1.34. The molecule has 3 heteroatoms. The van der Waals surface area contributed by atoms with Crippen molar-refractivity contribution in [1.82, 2.24) is 9.88 Å². The quantitative estimate of drug-likeness (QED) is 0.745. The third kappa shape index (κ3) is 3.65. The van der Waals surface area contributed by atoms with E-state index in [2.05, 4.69) is 42.2 Å². The van der Waals surface area contributed by atoms with Crippen molar-refractivity contribution in [2.75, 3.05) is 13.7 Å². The minimum absolute atomic E-state index is 0.248. The summed E-state index contributed by atoms with van der Waals surface area (Å²) in [6.07, 6.45) is 6.63. The lowest BCUT2D eigenvalue weighted by Gasteiger charge is -2.13. The van der Waals surface area contributed by atoms with Crippen molar-refractivity contribution in [1.29, 1.82) is 0 Å². The molecule has 0 amide bonds. The zero-order chi connectivity index (χ0) is 12.0. The molecule has 0 bridgehead atoms. The van der Waals surface area contributed by atoms with E-state index in [1.54, 1.807) is 0 Å². The van der Waals surface area contributed by atoms with Crippen LogP contribution in [0, 0.1) is 5.92 Å². The summed E-state index contributed by atoms with van der Waals surface area (Å²) in [7, 11) is 2.01. The van der Waals surface area contributed by atoms with Crippen molar-refractivity contribution in [3.8, 4) is 0 Å². The van der Waals surface area contributed by atoms with Gasteiger partial charge in [0.15, 0.2) is 0 Å². The predicted octanol–water partition coefficient (Wildman–Crippen LogP) is 2.18. The van der Waals surface area contributed by atoms with Crippen molar-refractivity contribution < 1.29 is 5.11 Å². The highest BCUT2D eigenvalue weighted by Gasteiger charge is 2.10. The van der Waals surface area contributed by atoms with Gasteiger partial charge in [-0.05, 0) is 31.0 Å². The molecule has 0 spiro atoms. The topological polar surface area (TPSA) is 37.2 Å². The molecule has 0 aliphatic carbocycles. The Hall–Kier alpha value is -0.800. The molecule has 0 aromatic carbocycles. The fourth-order valence-electron chi connectivity index (χ4n) is 1.96. The number of hydrogen-bond acceptors (Lipinski definition) is 2. The summed E-state index contributed by atoms with van der Waals surface area (Å²) in [4.78, 5) is 0. The second-order valence-electron chi connectivity index (χ2n) is 4.56. The van der Waals surface area contributed by atoms with Gasteiger partial charge in [-0.3, -0.25) is 0 Å². The molecule has 0 aliphatic rings. The lowest BCUT2D eigenvalue weighted by Crippen LogP contribution is -2.15. The van der Waals surface area contributed by atoms with E-state index in [0.29, 0.717) is 12.0 Å². The number of nitrogens with one attached hydrogen (secondary N) is 1. The standard InChI is InChI=1S/C13H24N2O/c1-4-5-13(14-3)12-6-7-15(9-12)8-11(2)10-16/h6-7,9,11,13-14,16H,4-5,8,10H2,1-3H3. The molecule has 16 heavy (non-hydrogen) atoms. The molecule has 2 atom stereocenters. The molecule has 3 nitrogen and oxygen atoms in total. The Bertz CT molecular complexity index is 296. The van der Waals surface area contributed by atoms with Crippen molar-refractivity contribution in [2.45, 2.75) is 39.3 Å². The number of rotatable bonds is 7. The summed E-state index contributed by atoms with van der Waals surface area (Å²) >= 11 is 0. The average Bonchev–Trinajstić information content (AvgIpc) is 2.74. The van der Waals surface area contributed by atoms with Crippen molar-refractivity contribution in [2.24, 2.45) is 5.92 Å². The fourth-order valence-corrected chi connectivity index (χ4v) is 1.96. The molecule has 2 N–H and O–H groups in total.